The molecule has 4 nitrogen and oxygen atoms in total. The van der Waals surface area contributed by atoms with Gasteiger partial charge in [0.15, 0.2) is 0 Å². The van der Waals surface area contributed by atoms with Crippen molar-refractivity contribution in [3.63, 3.8) is 0 Å². The summed E-state index contributed by atoms with van der Waals surface area (Å²) in [6.45, 7) is 1.14. The summed E-state index contributed by atoms with van der Waals surface area (Å²) in [5.74, 6) is -2.54. The minimum Gasteiger partial charge on any atom is -0.447 e. The molecule has 0 aromatic heterocycles. The monoisotopic (exact) mass is 383 g/mol. The lowest BCUT2D eigenvalue weighted by Crippen LogP contribution is -2.25. The average molecular weight is 384 g/mol. The van der Waals surface area contributed by atoms with Crippen molar-refractivity contribution in [1.29, 1.82) is 0 Å². The van der Waals surface area contributed by atoms with Crippen molar-refractivity contribution >= 4 is 33.5 Å². The van der Waals surface area contributed by atoms with E-state index in [0.717, 1.165) is 19.1 Å². The van der Waals surface area contributed by atoms with Gasteiger partial charge in [-0.05, 0) is 46.3 Å². The molecular weight excluding hydrogens is 372 g/mol. The van der Waals surface area contributed by atoms with Gasteiger partial charge in [0, 0.05) is 18.2 Å². The fraction of sp³-hybridized carbons (Fsp3) is 0.125. The Hall–Kier alpha value is -2.28. The molecule has 1 atom stereocenters. The zero-order valence-corrected chi connectivity index (χ0v) is 13.6. The summed E-state index contributed by atoms with van der Waals surface area (Å²) in [5.41, 5.74) is 0.361. The third-order valence-electron chi connectivity index (χ3n) is 2.86. The Morgan fingerprint density at radius 1 is 1.17 bits per heavy atom. The molecule has 2 rings (SSSR count). The summed E-state index contributed by atoms with van der Waals surface area (Å²) >= 11 is 3.00. The largest absolute Gasteiger partial charge is 0.447 e. The van der Waals surface area contributed by atoms with E-state index in [1.807, 2.05) is 0 Å². The molecule has 0 fully saturated rings. The first kappa shape index (κ1) is 17.1. The molecule has 0 aliphatic carbocycles. The first-order valence-corrected chi connectivity index (χ1v) is 7.34. The topological polar surface area (TPSA) is 55.4 Å². The van der Waals surface area contributed by atoms with Gasteiger partial charge in [-0.1, -0.05) is 12.1 Å². The molecule has 2 aromatic rings. The number of benzene rings is 2. The summed E-state index contributed by atoms with van der Waals surface area (Å²) in [6.07, 6.45) is -1.34. The van der Waals surface area contributed by atoms with Gasteiger partial charge < -0.3 is 10.1 Å². The number of anilines is 1. The molecule has 0 spiro atoms. The fourth-order valence-electron chi connectivity index (χ4n) is 1.89. The minimum absolute atomic E-state index is 0.176. The second kappa shape index (κ2) is 7.32. The summed E-state index contributed by atoms with van der Waals surface area (Å²) in [5, 5.41) is 2.43. The lowest BCUT2D eigenvalue weighted by molar-refractivity contribution is -0.152. The number of hydrogen-bond acceptors (Lipinski definition) is 3. The van der Waals surface area contributed by atoms with Crippen molar-refractivity contribution in [1.82, 2.24) is 0 Å². The van der Waals surface area contributed by atoms with E-state index in [9.17, 15) is 18.4 Å². The van der Waals surface area contributed by atoms with Crippen LogP contribution in [0, 0.1) is 11.6 Å². The van der Waals surface area contributed by atoms with E-state index in [2.05, 4.69) is 21.2 Å². The zero-order chi connectivity index (χ0) is 17.0. The van der Waals surface area contributed by atoms with Crippen LogP contribution in [0.15, 0.2) is 46.9 Å². The number of nitrogens with one attached hydrogen (secondary N) is 1. The highest BCUT2D eigenvalue weighted by atomic mass is 79.9. The van der Waals surface area contributed by atoms with Crippen LogP contribution in [0.2, 0.25) is 0 Å². The maximum atomic E-state index is 13.5. The van der Waals surface area contributed by atoms with Gasteiger partial charge in [-0.2, -0.15) is 0 Å². The Labute approximate surface area is 139 Å². The molecule has 120 valence electrons. The number of amides is 1. The van der Waals surface area contributed by atoms with Gasteiger partial charge in [0.2, 0.25) is 6.10 Å². The van der Waals surface area contributed by atoms with Crippen LogP contribution >= 0.6 is 15.9 Å². The van der Waals surface area contributed by atoms with Crippen molar-refractivity contribution in [2.24, 2.45) is 0 Å². The lowest BCUT2D eigenvalue weighted by Gasteiger charge is -2.17. The molecule has 2 aromatic carbocycles. The molecule has 7 heteroatoms. The summed E-state index contributed by atoms with van der Waals surface area (Å²) < 4.78 is 32.0. The highest BCUT2D eigenvalue weighted by Gasteiger charge is 2.24. The van der Waals surface area contributed by atoms with E-state index in [4.69, 9.17) is 4.74 Å². The molecule has 0 aliphatic rings. The number of hydrogen-bond donors (Lipinski definition) is 1. The van der Waals surface area contributed by atoms with Gasteiger partial charge in [0.1, 0.15) is 11.6 Å². The molecule has 0 heterocycles. The van der Waals surface area contributed by atoms with Crippen LogP contribution in [0.1, 0.15) is 18.6 Å². The van der Waals surface area contributed by atoms with Crippen molar-refractivity contribution in [3.05, 3.63) is 64.1 Å². The number of ether oxygens (including phenoxy) is 1. The first-order chi connectivity index (χ1) is 10.9. The van der Waals surface area contributed by atoms with Crippen molar-refractivity contribution < 1.29 is 23.1 Å². The van der Waals surface area contributed by atoms with Crippen LogP contribution < -0.4 is 5.32 Å². The molecule has 1 amide bonds. The van der Waals surface area contributed by atoms with Crippen LogP contribution in [0.4, 0.5) is 14.5 Å². The fourth-order valence-corrected chi connectivity index (χ4v) is 2.14. The summed E-state index contributed by atoms with van der Waals surface area (Å²) in [7, 11) is 0. The van der Waals surface area contributed by atoms with Crippen molar-refractivity contribution in [3.8, 4) is 0 Å². The van der Waals surface area contributed by atoms with Gasteiger partial charge in [-0.3, -0.25) is 9.59 Å². The van der Waals surface area contributed by atoms with Gasteiger partial charge in [-0.25, -0.2) is 8.78 Å². The van der Waals surface area contributed by atoms with E-state index in [0.29, 0.717) is 0 Å². The highest BCUT2D eigenvalue weighted by Crippen LogP contribution is 2.23. The van der Waals surface area contributed by atoms with Gasteiger partial charge in [0.25, 0.3) is 5.91 Å². The predicted molar refractivity (Wildman–Crippen MR) is 83.6 cm³/mol. The number of carbonyl (C=O) groups excluding carboxylic acids is 2. The predicted octanol–water partition coefficient (Wildman–Crippen LogP) is 3.97. The molecule has 1 N–H and O–H groups in total. The van der Waals surface area contributed by atoms with E-state index in [1.165, 1.54) is 30.3 Å². The second-order valence-corrected chi connectivity index (χ2v) is 5.52. The minimum atomic E-state index is -1.34. The molecular formula is C16H12BrF2NO3. The highest BCUT2D eigenvalue weighted by molar-refractivity contribution is 9.10. The summed E-state index contributed by atoms with van der Waals surface area (Å²) in [6, 6.07) is 9.16. The van der Waals surface area contributed by atoms with Crippen molar-refractivity contribution in [2.75, 3.05) is 5.32 Å². The Morgan fingerprint density at radius 2 is 1.91 bits per heavy atom. The van der Waals surface area contributed by atoms with Crippen LogP contribution in [0.5, 0.6) is 0 Å². The first-order valence-electron chi connectivity index (χ1n) is 6.55. The molecule has 0 saturated heterocycles. The average Bonchev–Trinajstić information content (AvgIpc) is 2.48. The third-order valence-corrected chi connectivity index (χ3v) is 3.50. The maximum absolute atomic E-state index is 13.5. The van der Waals surface area contributed by atoms with Gasteiger partial charge in [-0.15, -0.1) is 0 Å². The summed E-state index contributed by atoms with van der Waals surface area (Å²) in [4.78, 5) is 23.5. The lowest BCUT2D eigenvalue weighted by atomic mass is 10.1. The quantitative estimate of drug-likeness (QED) is 0.812. The standard InChI is InChI=1S/C16H12BrF2NO3/c1-9(21)23-15(10-3-2-4-11(18)7-10)16(22)20-12-5-6-13(17)14(19)8-12/h2-8,15H,1H3,(H,20,22). The molecule has 0 aliphatic heterocycles. The Balaban J connectivity index is 2.26. The van der Waals surface area contributed by atoms with Gasteiger partial charge >= 0.3 is 5.97 Å². The van der Waals surface area contributed by atoms with E-state index in [-0.39, 0.29) is 15.7 Å². The number of carbonyl (C=O) groups is 2. The normalized spacial score (nSPS) is 11.7. The number of rotatable bonds is 4. The van der Waals surface area contributed by atoms with Crippen LogP contribution in [0.3, 0.4) is 0 Å². The van der Waals surface area contributed by atoms with Crippen molar-refractivity contribution in [2.45, 2.75) is 13.0 Å². The molecule has 1 unspecified atom stereocenters. The molecule has 23 heavy (non-hydrogen) atoms. The molecule has 0 saturated carbocycles. The Kier molecular flexibility index (Phi) is 5.44. The third kappa shape index (κ3) is 4.59. The van der Waals surface area contributed by atoms with E-state index < -0.39 is 29.6 Å². The van der Waals surface area contributed by atoms with Crippen LogP contribution in [0.25, 0.3) is 0 Å². The second-order valence-electron chi connectivity index (χ2n) is 4.66. The maximum Gasteiger partial charge on any atom is 0.303 e. The smallest absolute Gasteiger partial charge is 0.303 e. The Bertz CT molecular complexity index is 752. The number of halogens is 3. The zero-order valence-electron chi connectivity index (χ0n) is 12.0. The van der Waals surface area contributed by atoms with Crippen LogP contribution in [-0.4, -0.2) is 11.9 Å². The van der Waals surface area contributed by atoms with Crippen LogP contribution in [-0.2, 0) is 14.3 Å². The van der Waals surface area contributed by atoms with E-state index in [1.54, 1.807) is 0 Å². The molecule has 0 bridgehead atoms. The number of esters is 1. The molecule has 0 radical (unpaired) electrons. The Morgan fingerprint density at radius 3 is 2.52 bits per heavy atom. The van der Waals surface area contributed by atoms with Gasteiger partial charge in [0.05, 0.1) is 4.47 Å². The van der Waals surface area contributed by atoms with E-state index >= 15 is 0 Å². The SMILES string of the molecule is CC(=O)OC(C(=O)Nc1ccc(Br)c(F)c1)c1cccc(F)c1.